The lowest BCUT2D eigenvalue weighted by atomic mass is 10.1. The van der Waals surface area contributed by atoms with Gasteiger partial charge in [-0.15, -0.1) is 6.58 Å². The number of nitrogens with zero attached hydrogens (tertiary/aromatic N) is 5. The van der Waals surface area contributed by atoms with Crippen molar-refractivity contribution in [1.82, 2.24) is 14.6 Å². The third kappa shape index (κ3) is 6.08. The zero-order valence-corrected chi connectivity index (χ0v) is 25.4. The van der Waals surface area contributed by atoms with Crippen molar-refractivity contribution < 1.29 is 18.8 Å². The molecule has 3 aromatic heterocycles. The van der Waals surface area contributed by atoms with Crippen molar-refractivity contribution in [2.75, 3.05) is 6.61 Å². The number of aromatic nitrogens is 3. The molecule has 12 heteroatoms. The molecule has 0 N–H and O–H groups in total. The van der Waals surface area contributed by atoms with Crippen LogP contribution in [0.5, 0.6) is 17.4 Å². The van der Waals surface area contributed by atoms with E-state index >= 15 is 0 Å². The van der Waals surface area contributed by atoms with Crippen molar-refractivity contribution in [2.45, 2.75) is 13.3 Å². The Bertz CT molecular complexity index is 2170. The highest BCUT2D eigenvalue weighted by atomic mass is 79.9. The molecule has 0 fully saturated rings. The Morgan fingerprint density at radius 1 is 1.13 bits per heavy atom. The molecule has 224 valence electrons. The zero-order chi connectivity index (χ0) is 31.5. The van der Waals surface area contributed by atoms with Gasteiger partial charge in [-0.05, 0) is 67.4 Å². The third-order valence-corrected chi connectivity index (χ3v) is 7.22. The summed E-state index contributed by atoms with van der Waals surface area (Å²) in [5.41, 5.74) is 1.94. The number of para-hydroxylation sites is 1. The Kier molecular flexibility index (Phi) is 8.21. The fourth-order valence-electron chi connectivity index (χ4n) is 4.73. The Labute approximate surface area is 264 Å². The van der Waals surface area contributed by atoms with Gasteiger partial charge < -0.3 is 13.9 Å². The second kappa shape index (κ2) is 12.5. The number of hydrogen-bond donors (Lipinski definition) is 0. The molecule has 0 aliphatic heterocycles. The number of ether oxygens (including phenoxy) is 2. The molecule has 0 saturated heterocycles. The lowest BCUT2D eigenvalue weighted by Crippen LogP contribution is -2.20. The van der Waals surface area contributed by atoms with Gasteiger partial charge in [-0.3, -0.25) is 14.9 Å². The van der Waals surface area contributed by atoms with Gasteiger partial charge in [0, 0.05) is 27.6 Å². The molecule has 0 spiro atoms. The minimum Gasteiger partial charge on any atom is -0.490 e. The van der Waals surface area contributed by atoms with E-state index in [0.717, 1.165) is 16.1 Å². The summed E-state index contributed by atoms with van der Waals surface area (Å²) in [6.45, 7) is 6.02. The number of halogens is 1. The fraction of sp³-hybridized carbons (Fsp3) is 0.0909. The molecule has 0 aliphatic rings. The number of pyridine rings is 1. The SMILES string of the molecule is C=CCc1cc(C=Nn2c(-c3cc4cc(Br)ccc4o3)nc3ccccc3c2=O)cc(OCC)c1Oc1ccc([N+](=O)[O-])cn1. The molecule has 45 heavy (non-hydrogen) atoms. The standard InChI is InChI=1S/C33H24BrN5O6/c1-3-7-21-14-20(15-28(43-4-2)31(21)45-30-13-11-24(19-35-30)39(41)42)18-36-38-32(37-26-9-6-5-8-25(26)33(38)40)29-17-22-16-23(34)10-12-27(22)44-29/h3,5-6,8-19H,1,4,7H2,2H3. The average Bonchev–Trinajstić information content (AvgIpc) is 3.45. The summed E-state index contributed by atoms with van der Waals surface area (Å²) in [4.78, 5) is 33.0. The minimum atomic E-state index is -0.533. The Morgan fingerprint density at radius 3 is 2.73 bits per heavy atom. The maximum absolute atomic E-state index is 13.7. The molecule has 3 heterocycles. The summed E-state index contributed by atoms with van der Waals surface area (Å²) in [6.07, 6.45) is 4.76. The Balaban J connectivity index is 1.45. The van der Waals surface area contributed by atoms with Gasteiger partial charge in [-0.25, -0.2) is 9.97 Å². The molecule has 0 bridgehead atoms. The van der Waals surface area contributed by atoms with Crippen LogP contribution in [0.25, 0.3) is 33.5 Å². The molecule has 11 nitrogen and oxygen atoms in total. The highest BCUT2D eigenvalue weighted by Gasteiger charge is 2.18. The van der Waals surface area contributed by atoms with Gasteiger partial charge in [0.15, 0.2) is 17.3 Å². The van der Waals surface area contributed by atoms with Crippen molar-refractivity contribution >= 4 is 49.7 Å². The lowest BCUT2D eigenvalue weighted by Gasteiger charge is -2.16. The van der Waals surface area contributed by atoms with Crippen molar-refractivity contribution in [1.29, 1.82) is 0 Å². The second-order valence-corrected chi connectivity index (χ2v) is 10.7. The number of allylic oxidation sites excluding steroid dienone is 1. The van der Waals surface area contributed by atoms with E-state index in [1.54, 1.807) is 30.3 Å². The van der Waals surface area contributed by atoms with Gasteiger partial charge in [-0.1, -0.05) is 34.1 Å². The molecule has 0 amide bonds. The van der Waals surface area contributed by atoms with E-state index < -0.39 is 4.92 Å². The van der Waals surface area contributed by atoms with Crippen molar-refractivity contribution in [3.8, 4) is 29.0 Å². The number of hydrogen-bond acceptors (Lipinski definition) is 9. The van der Waals surface area contributed by atoms with Crippen molar-refractivity contribution in [3.05, 3.63) is 128 Å². The smallest absolute Gasteiger partial charge is 0.287 e. The highest BCUT2D eigenvalue weighted by molar-refractivity contribution is 9.10. The van der Waals surface area contributed by atoms with Crippen molar-refractivity contribution in [2.24, 2.45) is 5.10 Å². The van der Waals surface area contributed by atoms with E-state index in [9.17, 15) is 14.9 Å². The average molecular weight is 666 g/mol. The third-order valence-electron chi connectivity index (χ3n) is 6.73. The number of rotatable bonds is 10. The molecule has 0 radical (unpaired) electrons. The summed E-state index contributed by atoms with van der Waals surface area (Å²) in [5, 5.41) is 16.9. The van der Waals surface area contributed by atoms with E-state index in [-0.39, 0.29) is 23.0 Å². The maximum Gasteiger partial charge on any atom is 0.287 e. The van der Waals surface area contributed by atoms with Gasteiger partial charge in [0.1, 0.15) is 11.8 Å². The van der Waals surface area contributed by atoms with E-state index in [4.69, 9.17) is 18.9 Å². The van der Waals surface area contributed by atoms with Crippen LogP contribution in [-0.4, -0.2) is 32.4 Å². The number of fused-ring (bicyclic) bond motifs is 2. The van der Waals surface area contributed by atoms with E-state index in [1.165, 1.54) is 23.0 Å². The molecule has 0 unspecified atom stereocenters. The number of benzene rings is 3. The molecule has 6 aromatic rings. The van der Waals surface area contributed by atoms with Gasteiger partial charge in [0.2, 0.25) is 11.7 Å². The summed E-state index contributed by atoms with van der Waals surface area (Å²) in [5.74, 6) is 1.55. The van der Waals surface area contributed by atoms with Crippen LogP contribution >= 0.6 is 15.9 Å². The predicted octanol–water partition coefficient (Wildman–Crippen LogP) is 7.68. The summed E-state index contributed by atoms with van der Waals surface area (Å²) < 4.78 is 20.2. The minimum absolute atomic E-state index is 0.154. The van der Waals surface area contributed by atoms with Gasteiger partial charge >= 0.3 is 0 Å². The van der Waals surface area contributed by atoms with Gasteiger partial charge in [0.05, 0.1) is 28.6 Å². The molecule has 3 aromatic carbocycles. The first-order valence-corrected chi connectivity index (χ1v) is 14.6. The Morgan fingerprint density at radius 2 is 1.98 bits per heavy atom. The van der Waals surface area contributed by atoms with Crippen molar-refractivity contribution in [3.63, 3.8) is 0 Å². The fourth-order valence-corrected chi connectivity index (χ4v) is 5.11. The van der Waals surface area contributed by atoms with Crippen LogP contribution in [0.1, 0.15) is 18.1 Å². The van der Waals surface area contributed by atoms with Crippen LogP contribution in [-0.2, 0) is 6.42 Å². The first-order chi connectivity index (χ1) is 21.8. The van der Waals surface area contributed by atoms with Crippen LogP contribution in [0, 0.1) is 10.1 Å². The first kappa shape index (κ1) is 29.5. The quantitative estimate of drug-likeness (QED) is 0.0629. The molecular formula is C33H24BrN5O6. The van der Waals surface area contributed by atoms with E-state index in [2.05, 4.69) is 32.6 Å². The van der Waals surface area contributed by atoms with Crippen LogP contribution in [0.4, 0.5) is 5.69 Å². The second-order valence-electron chi connectivity index (χ2n) is 9.75. The highest BCUT2D eigenvalue weighted by Crippen LogP contribution is 2.37. The van der Waals surface area contributed by atoms with Gasteiger partial charge in [-0.2, -0.15) is 9.78 Å². The summed E-state index contributed by atoms with van der Waals surface area (Å²) in [6, 6.07) is 20.8. The molecule has 6 rings (SSSR count). The number of nitro groups is 1. The van der Waals surface area contributed by atoms with Gasteiger partial charge in [0.25, 0.3) is 11.2 Å². The van der Waals surface area contributed by atoms with Crippen LogP contribution < -0.4 is 15.0 Å². The first-order valence-electron chi connectivity index (χ1n) is 13.8. The van der Waals surface area contributed by atoms with Crippen LogP contribution in [0.15, 0.2) is 110 Å². The molecule has 0 atom stereocenters. The molecule has 0 aliphatic carbocycles. The van der Waals surface area contributed by atoms with E-state index in [1.807, 2.05) is 43.3 Å². The normalized spacial score (nSPS) is 11.3. The molecule has 0 saturated carbocycles. The lowest BCUT2D eigenvalue weighted by molar-refractivity contribution is -0.385. The summed E-state index contributed by atoms with van der Waals surface area (Å²) in [7, 11) is 0. The molecular weight excluding hydrogens is 642 g/mol. The maximum atomic E-state index is 13.7. The van der Waals surface area contributed by atoms with Crippen LogP contribution in [0.3, 0.4) is 0 Å². The zero-order valence-electron chi connectivity index (χ0n) is 23.8. The number of furan rings is 1. The van der Waals surface area contributed by atoms with E-state index in [0.29, 0.717) is 57.9 Å². The predicted molar refractivity (Wildman–Crippen MR) is 174 cm³/mol. The summed E-state index contributed by atoms with van der Waals surface area (Å²) >= 11 is 3.48. The van der Waals surface area contributed by atoms with Crippen LogP contribution in [0.2, 0.25) is 0 Å². The Hall–Kier alpha value is -5.62. The monoisotopic (exact) mass is 665 g/mol. The topological polar surface area (TPSA) is 135 Å². The largest absolute Gasteiger partial charge is 0.490 e.